The fourth-order valence-corrected chi connectivity index (χ4v) is 11.4. The van der Waals surface area contributed by atoms with E-state index >= 15 is 0 Å². The van der Waals surface area contributed by atoms with Crippen molar-refractivity contribution in [1.82, 2.24) is 58.5 Å². The lowest BCUT2D eigenvalue weighted by molar-refractivity contribution is 0.0809. The van der Waals surface area contributed by atoms with Gasteiger partial charge in [-0.05, 0) is 122 Å². The predicted molar refractivity (Wildman–Crippen MR) is 267 cm³/mol. The van der Waals surface area contributed by atoms with E-state index in [4.69, 9.17) is 0 Å². The van der Waals surface area contributed by atoms with Crippen molar-refractivity contribution < 1.29 is 9.59 Å². The van der Waals surface area contributed by atoms with Crippen LogP contribution in [0, 0.1) is 11.8 Å². The van der Waals surface area contributed by atoms with E-state index in [1.54, 1.807) is 0 Å². The van der Waals surface area contributed by atoms with Crippen LogP contribution in [0.5, 0.6) is 0 Å². The number of fused-ring (bicyclic) bond motifs is 2. The molecular formula is C51H75N13O2. The van der Waals surface area contributed by atoms with Crippen LogP contribution >= 0.6 is 0 Å². The Morgan fingerprint density at radius 2 is 1.32 bits per heavy atom. The molecule has 0 spiro atoms. The molecule has 4 aliphatic heterocycles. The van der Waals surface area contributed by atoms with E-state index in [0.717, 1.165) is 97.7 Å². The van der Waals surface area contributed by atoms with Gasteiger partial charge in [-0.3, -0.25) is 21.3 Å². The number of hydrogen-bond acceptors (Lipinski definition) is 11. The summed E-state index contributed by atoms with van der Waals surface area (Å²) in [7, 11) is 0. The van der Waals surface area contributed by atoms with E-state index in [2.05, 4.69) is 125 Å². The SMILES string of the molecule is CC1CC(NCCCC2NCCN2)NC(NC(=O)Nc2ccc3ccc(C4CNC(CCNC5NC(NC(=O)Nc6ccc7ccccc7c6)NC(C)C5C5CCCCCC5)C4)cc3c2)N1. The Bertz CT molecular complexity index is 2210. The van der Waals surface area contributed by atoms with Gasteiger partial charge in [0.2, 0.25) is 0 Å². The van der Waals surface area contributed by atoms with Gasteiger partial charge in [0.1, 0.15) is 12.6 Å². The number of urea groups is 2. The summed E-state index contributed by atoms with van der Waals surface area (Å²) in [6.45, 7) is 9.25. The first-order valence-electron chi connectivity index (χ1n) is 25.2. The summed E-state index contributed by atoms with van der Waals surface area (Å²) in [5, 5.41) is 49.7. The molecule has 5 fully saturated rings. The monoisotopic (exact) mass is 902 g/mol. The van der Waals surface area contributed by atoms with Crippen molar-refractivity contribution in [2.24, 2.45) is 11.8 Å². The normalized spacial score (nSPS) is 28.8. The summed E-state index contributed by atoms with van der Waals surface area (Å²) in [6, 6.07) is 27.5. The highest BCUT2D eigenvalue weighted by Gasteiger charge is 2.40. The van der Waals surface area contributed by atoms with Gasteiger partial charge in [0.05, 0.1) is 18.5 Å². The lowest BCUT2D eigenvalue weighted by Gasteiger charge is -2.46. The molecule has 9 unspecified atom stereocenters. The first kappa shape index (κ1) is 46.7. The summed E-state index contributed by atoms with van der Waals surface area (Å²) in [6.07, 6.45) is 12.8. The van der Waals surface area contributed by atoms with Gasteiger partial charge < -0.3 is 47.9 Å². The average molecular weight is 902 g/mol. The maximum Gasteiger partial charge on any atom is 0.321 e. The molecule has 4 aromatic rings. The maximum absolute atomic E-state index is 13.3. The largest absolute Gasteiger partial charge is 0.321 e. The molecule has 15 heteroatoms. The molecule has 5 aliphatic rings. The van der Waals surface area contributed by atoms with E-state index in [1.165, 1.54) is 44.1 Å². The van der Waals surface area contributed by atoms with E-state index in [0.29, 0.717) is 30.0 Å². The number of hydrogen-bond donors (Lipinski definition) is 13. The fourth-order valence-electron chi connectivity index (χ4n) is 11.4. The number of anilines is 2. The molecule has 4 aromatic carbocycles. The zero-order valence-corrected chi connectivity index (χ0v) is 39.0. The van der Waals surface area contributed by atoms with E-state index in [-0.39, 0.29) is 49.1 Å². The first-order chi connectivity index (χ1) is 32.3. The zero-order valence-electron chi connectivity index (χ0n) is 39.0. The van der Waals surface area contributed by atoms with Gasteiger partial charge in [-0.15, -0.1) is 0 Å². The van der Waals surface area contributed by atoms with Crippen LogP contribution in [-0.4, -0.2) is 94.0 Å². The van der Waals surface area contributed by atoms with Gasteiger partial charge in [-0.25, -0.2) is 9.59 Å². The highest BCUT2D eigenvalue weighted by molar-refractivity contribution is 5.94. The molecule has 356 valence electrons. The van der Waals surface area contributed by atoms with Crippen molar-refractivity contribution in [1.29, 1.82) is 0 Å². The van der Waals surface area contributed by atoms with Gasteiger partial charge >= 0.3 is 12.1 Å². The van der Waals surface area contributed by atoms with Crippen LogP contribution in [0.15, 0.2) is 78.9 Å². The molecule has 9 atom stereocenters. The average Bonchev–Trinajstić information content (AvgIpc) is 3.94. The van der Waals surface area contributed by atoms with Crippen LogP contribution in [0.25, 0.3) is 21.5 Å². The van der Waals surface area contributed by atoms with Crippen LogP contribution in [-0.2, 0) is 0 Å². The molecule has 0 aromatic heterocycles. The van der Waals surface area contributed by atoms with Crippen molar-refractivity contribution in [2.45, 2.75) is 140 Å². The number of rotatable bonds is 15. The van der Waals surface area contributed by atoms with Crippen molar-refractivity contribution >= 4 is 45.0 Å². The Balaban J connectivity index is 0.755. The second kappa shape index (κ2) is 22.6. The molecule has 0 bridgehead atoms. The van der Waals surface area contributed by atoms with Crippen molar-refractivity contribution in [3.05, 3.63) is 84.4 Å². The lowest BCUT2D eigenvalue weighted by atomic mass is 9.78. The number of nitrogens with one attached hydrogen (secondary N) is 13. The second-order valence-corrected chi connectivity index (χ2v) is 19.7. The third-order valence-electron chi connectivity index (χ3n) is 14.8. The van der Waals surface area contributed by atoms with Crippen LogP contribution in [0.2, 0.25) is 0 Å². The number of amides is 4. The fraction of sp³-hybridized carbons (Fsp3) is 0.569. The minimum atomic E-state index is -0.367. The van der Waals surface area contributed by atoms with Gasteiger partial charge in [0.25, 0.3) is 0 Å². The summed E-state index contributed by atoms with van der Waals surface area (Å²) >= 11 is 0. The Morgan fingerprint density at radius 3 is 2.08 bits per heavy atom. The molecule has 66 heavy (non-hydrogen) atoms. The van der Waals surface area contributed by atoms with Crippen LogP contribution < -0.4 is 69.1 Å². The zero-order chi connectivity index (χ0) is 45.2. The van der Waals surface area contributed by atoms with Crippen LogP contribution in [0.1, 0.15) is 96.0 Å². The van der Waals surface area contributed by atoms with Crippen molar-refractivity contribution in [3.63, 3.8) is 0 Å². The minimum absolute atomic E-state index is 0.0718. The Labute approximate surface area is 391 Å². The van der Waals surface area contributed by atoms with Crippen molar-refractivity contribution in [3.8, 4) is 0 Å². The third-order valence-corrected chi connectivity index (χ3v) is 14.8. The molecule has 1 saturated carbocycles. The summed E-state index contributed by atoms with van der Waals surface area (Å²) in [5.74, 6) is 1.45. The summed E-state index contributed by atoms with van der Waals surface area (Å²) in [5.41, 5.74) is 2.86. The molecule has 4 amide bonds. The third kappa shape index (κ3) is 12.6. The number of carbonyl (C=O) groups excluding carboxylic acids is 2. The smallest absolute Gasteiger partial charge is 0.313 e. The Hall–Kier alpha value is -4.42. The minimum Gasteiger partial charge on any atom is -0.313 e. The molecule has 13 N–H and O–H groups in total. The molecule has 15 nitrogen and oxygen atoms in total. The molecule has 4 heterocycles. The first-order valence-corrected chi connectivity index (χ1v) is 25.2. The maximum atomic E-state index is 13.3. The standard InChI is InChI=1S/C51H75N13O2/c1-32-26-45(52-22-9-14-44-53-24-25-54-44)61-48(57-32)63-50(65)60-43-20-18-35-15-16-38(27-39(35)29-43)40-30-41(56-31-40)21-23-55-47-46(36-11-5-3-4-6-12-36)33(2)58-49(62-47)64-51(66)59-42-19-17-34-10-7-8-13-37(34)28-42/h7-8,10,13,15-20,27-29,32-33,36,40-41,44-49,52-58,61-62H,3-6,9,11-12,14,21-26,30-31H2,1-2H3,(H2,59,64,66)(H2,60,63,65). The van der Waals surface area contributed by atoms with Crippen LogP contribution in [0.3, 0.4) is 0 Å². The van der Waals surface area contributed by atoms with Gasteiger partial charge in [0.15, 0.2) is 0 Å². The molecular weight excluding hydrogens is 827 g/mol. The molecule has 4 saturated heterocycles. The van der Waals surface area contributed by atoms with Gasteiger partial charge in [-0.1, -0.05) is 93.1 Å². The molecule has 0 radical (unpaired) electrons. The number of carbonyl (C=O) groups is 2. The van der Waals surface area contributed by atoms with E-state index in [9.17, 15) is 9.59 Å². The van der Waals surface area contributed by atoms with Gasteiger partial charge in [0, 0.05) is 55.1 Å². The molecule has 9 rings (SSSR count). The molecule has 1 aliphatic carbocycles. The second-order valence-electron chi connectivity index (χ2n) is 19.7. The summed E-state index contributed by atoms with van der Waals surface area (Å²) in [4.78, 5) is 26.6. The topological polar surface area (TPSA) is 191 Å². The lowest BCUT2D eigenvalue weighted by Crippen LogP contribution is -2.72. The summed E-state index contributed by atoms with van der Waals surface area (Å²) < 4.78 is 0. The quantitative estimate of drug-likeness (QED) is 0.0525. The number of benzene rings is 4. The highest BCUT2D eigenvalue weighted by atomic mass is 16.2. The Morgan fingerprint density at radius 1 is 0.636 bits per heavy atom. The van der Waals surface area contributed by atoms with E-state index in [1.807, 2.05) is 36.4 Å². The van der Waals surface area contributed by atoms with E-state index < -0.39 is 0 Å². The predicted octanol–water partition coefficient (Wildman–Crippen LogP) is 5.61. The van der Waals surface area contributed by atoms with Crippen molar-refractivity contribution in [2.75, 3.05) is 43.4 Å². The van der Waals surface area contributed by atoms with Crippen LogP contribution in [0.4, 0.5) is 21.0 Å². The van der Waals surface area contributed by atoms with Gasteiger partial charge in [-0.2, -0.15) is 0 Å². The highest BCUT2D eigenvalue weighted by Crippen LogP contribution is 2.35. The Kier molecular flexibility index (Phi) is 16.0.